The lowest BCUT2D eigenvalue weighted by Crippen LogP contribution is -2.14. The number of nitrogens with zero attached hydrogens (tertiary/aromatic N) is 2. The first-order valence-electron chi connectivity index (χ1n) is 6.50. The molecule has 1 atom stereocenters. The van der Waals surface area contributed by atoms with Gasteiger partial charge in [0.25, 0.3) is 0 Å². The van der Waals surface area contributed by atoms with Gasteiger partial charge in [-0.1, -0.05) is 12.8 Å². The molecule has 1 saturated carbocycles. The smallest absolute Gasteiger partial charge is 0.0650 e. The number of hydrogen-bond donors (Lipinski definition) is 1. The number of ether oxygens (including phenoxy) is 1. The molecular weight excluding hydrogens is 216 g/mol. The van der Waals surface area contributed by atoms with Crippen molar-refractivity contribution in [2.45, 2.75) is 50.7 Å². The number of aliphatic hydroxyl groups excluding tert-OH is 1. The van der Waals surface area contributed by atoms with Gasteiger partial charge in [-0.25, -0.2) is 0 Å². The summed E-state index contributed by atoms with van der Waals surface area (Å²) in [7, 11) is 1.65. The largest absolute Gasteiger partial charge is 0.393 e. The van der Waals surface area contributed by atoms with Gasteiger partial charge in [-0.2, -0.15) is 5.10 Å². The fourth-order valence-electron chi connectivity index (χ4n) is 2.46. The summed E-state index contributed by atoms with van der Waals surface area (Å²) in [6.07, 6.45) is 8.12. The second-order valence-corrected chi connectivity index (χ2v) is 4.86. The van der Waals surface area contributed by atoms with Gasteiger partial charge in [0, 0.05) is 26.3 Å². The van der Waals surface area contributed by atoms with E-state index in [9.17, 15) is 5.11 Å². The average Bonchev–Trinajstić information content (AvgIpc) is 2.95. The Morgan fingerprint density at radius 2 is 2.29 bits per heavy atom. The average molecular weight is 238 g/mol. The lowest BCUT2D eigenvalue weighted by atomic mass is 10.1. The quantitative estimate of drug-likeness (QED) is 0.824. The van der Waals surface area contributed by atoms with E-state index in [0.29, 0.717) is 25.5 Å². The first kappa shape index (κ1) is 12.6. The Hall–Kier alpha value is -0.870. The fraction of sp³-hybridized carbons (Fsp3) is 0.769. The van der Waals surface area contributed by atoms with Crippen molar-refractivity contribution in [1.82, 2.24) is 9.78 Å². The molecule has 96 valence electrons. The molecule has 0 bridgehead atoms. The second-order valence-electron chi connectivity index (χ2n) is 4.86. The highest BCUT2D eigenvalue weighted by molar-refractivity contribution is 5.01. The zero-order valence-corrected chi connectivity index (χ0v) is 10.5. The molecule has 1 aliphatic carbocycles. The van der Waals surface area contributed by atoms with Crippen LogP contribution in [-0.4, -0.2) is 34.7 Å². The first-order chi connectivity index (χ1) is 8.29. The van der Waals surface area contributed by atoms with Gasteiger partial charge in [0.2, 0.25) is 0 Å². The zero-order chi connectivity index (χ0) is 12.1. The van der Waals surface area contributed by atoms with E-state index in [1.54, 1.807) is 7.11 Å². The number of hydrogen-bond acceptors (Lipinski definition) is 3. The van der Waals surface area contributed by atoms with Crippen LogP contribution < -0.4 is 0 Å². The summed E-state index contributed by atoms with van der Waals surface area (Å²) in [6.45, 7) is 0.602. The third-order valence-electron chi connectivity index (χ3n) is 3.46. The molecule has 0 aliphatic heterocycles. The minimum atomic E-state index is -0.345. The highest BCUT2D eigenvalue weighted by Crippen LogP contribution is 2.28. The van der Waals surface area contributed by atoms with Gasteiger partial charge in [-0.15, -0.1) is 0 Å². The van der Waals surface area contributed by atoms with Crippen molar-refractivity contribution in [3.8, 4) is 0 Å². The minimum Gasteiger partial charge on any atom is -0.393 e. The van der Waals surface area contributed by atoms with Crippen LogP contribution >= 0.6 is 0 Å². The molecule has 0 radical (unpaired) electrons. The molecule has 1 aromatic heterocycles. The third kappa shape index (κ3) is 3.54. The van der Waals surface area contributed by atoms with Crippen molar-refractivity contribution in [2.24, 2.45) is 0 Å². The fourth-order valence-corrected chi connectivity index (χ4v) is 2.46. The zero-order valence-electron chi connectivity index (χ0n) is 10.5. The number of methoxy groups -OCH3 is 1. The molecule has 1 unspecified atom stereocenters. The van der Waals surface area contributed by atoms with Crippen molar-refractivity contribution < 1.29 is 9.84 Å². The van der Waals surface area contributed by atoms with Gasteiger partial charge in [0.15, 0.2) is 0 Å². The van der Waals surface area contributed by atoms with E-state index in [0.717, 1.165) is 5.69 Å². The van der Waals surface area contributed by atoms with Crippen LogP contribution in [0.1, 0.15) is 43.8 Å². The SMILES string of the molecule is COCCC(O)Cc1ccn(C2CCCC2)n1. The van der Waals surface area contributed by atoms with E-state index >= 15 is 0 Å². The molecule has 0 amide bonds. The minimum absolute atomic E-state index is 0.345. The van der Waals surface area contributed by atoms with Crippen molar-refractivity contribution in [3.05, 3.63) is 18.0 Å². The predicted molar refractivity (Wildman–Crippen MR) is 65.9 cm³/mol. The normalized spacial score (nSPS) is 18.7. The van der Waals surface area contributed by atoms with Crippen molar-refractivity contribution in [3.63, 3.8) is 0 Å². The van der Waals surface area contributed by atoms with Crippen LogP contribution in [0.4, 0.5) is 0 Å². The summed E-state index contributed by atoms with van der Waals surface area (Å²) >= 11 is 0. The van der Waals surface area contributed by atoms with Crippen LogP contribution in [0.15, 0.2) is 12.3 Å². The summed E-state index contributed by atoms with van der Waals surface area (Å²) in [5.41, 5.74) is 0.987. The Kier molecular flexibility index (Phi) is 4.57. The van der Waals surface area contributed by atoms with Gasteiger partial charge in [0.05, 0.1) is 17.8 Å². The summed E-state index contributed by atoms with van der Waals surface area (Å²) < 4.78 is 7.03. The first-order valence-corrected chi connectivity index (χ1v) is 6.50. The molecule has 0 spiro atoms. The van der Waals surface area contributed by atoms with Gasteiger partial charge in [-0.3, -0.25) is 4.68 Å². The number of aromatic nitrogens is 2. The van der Waals surface area contributed by atoms with Gasteiger partial charge < -0.3 is 9.84 Å². The molecule has 1 N–H and O–H groups in total. The summed E-state index contributed by atoms with van der Waals surface area (Å²) in [5.74, 6) is 0. The van der Waals surface area contributed by atoms with Crippen LogP contribution in [0.2, 0.25) is 0 Å². The molecule has 1 aliphatic rings. The molecule has 1 aromatic rings. The Bertz CT molecular complexity index is 332. The van der Waals surface area contributed by atoms with Gasteiger partial charge in [-0.05, 0) is 25.3 Å². The van der Waals surface area contributed by atoms with E-state index in [1.807, 2.05) is 12.3 Å². The van der Waals surface area contributed by atoms with Crippen LogP contribution in [0.3, 0.4) is 0 Å². The predicted octanol–water partition coefficient (Wildman–Crippen LogP) is 1.94. The van der Waals surface area contributed by atoms with Gasteiger partial charge >= 0.3 is 0 Å². The molecule has 1 heterocycles. The van der Waals surface area contributed by atoms with Crippen molar-refractivity contribution in [2.75, 3.05) is 13.7 Å². The van der Waals surface area contributed by atoms with Gasteiger partial charge in [0.1, 0.15) is 0 Å². The third-order valence-corrected chi connectivity index (χ3v) is 3.46. The van der Waals surface area contributed by atoms with E-state index in [-0.39, 0.29) is 6.10 Å². The van der Waals surface area contributed by atoms with Crippen molar-refractivity contribution in [1.29, 1.82) is 0 Å². The maximum atomic E-state index is 9.78. The number of aliphatic hydroxyl groups is 1. The Labute approximate surface area is 103 Å². The van der Waals surface area contributed by atoms with E-state index in [2.05, 4.69) is 9.78 Å². The molecule has 4 nitrogen and oxygen atoms in total. The topological polar surface area (TPSA) is 47.3 Å². The van der Waals surface area contributed by atoms with E-state index in [4.69, 9.17) is 4.74 Å². The highest BCUT2D eigenvalue weighted by Gasteiger charge is 2.18. The number of rotatable bonds is 6. The molecule has 4 heteroatoms. The molecule has 1 fully saturated rings. The monoisotopic (exact) mass is 238 g/mol. The standard InChI is InChI=1S/C13H22N2O2/c1-17-9-7-13(16)10-11-6-8-15(14-11)12-4-2-3-5-12/h6,8,12-13,16H,2-5,7,9-10H2,1H3. The highest BCUT2D eigenvalue weighted by atomic mass is 16.5. The van der Waals surface area contributed by atoms with Crippen molar-refractivity contribution >= 4 is 0 Å². The van der Waals surface area contributed by atoms with Crippen LogP contribution in [-0.2, 0) is 11.2 Å². The molecule has 17 heavy (non-hydrogen) atoms. The Balaban J connectivity index is 1.84. The summed E-state index contributed by atoms with van der Waals surface area (Å²) in [4.78, 5) is 0. The Morgan fingerprint density at radius 3 is 3.00 bits per heavy atom. The van der Waals surface area contributed by atoms with Crippen LogP contribution in [0, 0.1) is 0 Å². The Morgan fingerprint density at radius 1 is 1.53 bits per heavy atom. The lowest BCUT2D eigenvalue weighted by Gasteiger charge is -2.10. The second kappa shape index (κ2) is 6.17. The maximum Gasteiger partial charge on any atom is 0.0650 e. The van der Waals surface area contributed by atoms with Crippen LogP contribution in [0.5, 0.6) is 0 Å². The molecule has 0 aromatic carbocycles. The maximum absolute atomic E-state index is 9.78. The molecular formula is C13H22N2O2. The van der Waals surface area contributed by atoms with E-state index in [1.165, 1.54) is 25.7 Å². The summed E-state index contributed by atoms with van der Waals surface area (Å²) in [6, 6.07) is 2.61. The summed E-state index contributed by atoms with van der Waals surface area (Å²) in [5, 5.41) is 14.3. The van der Waals surface area contributed by atoms with E-state index < -0.39 is 0 Å². The molecule has 0 saturated heterocycles. The molecule has 2 rings (SSSR count). The van der Waals surface area contributed by atoms with Crippen LogP contribution in [0.25, 0.3) is 0 Å². The lowest BCUT2D eigenvalue weighted by molar-refractivity contribution is 0.109.